The molecule has 0 saturated heterocycles. The lowest BCUT2D eigenvalue weighted by molar-refractivity contribution is -0.117. The number of nitrogens with one attached hydrogen (secondary N) is 1. The molecule has 1 amide bonds. The number of carbonyl (C=O) groups excluding carboxylic acids is 1. The zero-order valence-electron chi connectivity index (χ0n) is 11.7. The Kier molecular flexibility index (Phi) is 7.86. The number of carbonyl (C=O) groups is 1. The van der Waals surface area contributed by atoms with Gasteiger partial charge in [0, 0.05) is 18.8 Å². The molecule has 0 atom stereocenters. The molecule has 0 aromatic heterocycles. The van der Waals surface area contributed by atoms with Gasteiger partial charge in [-0.3, -0.25) is 4.79 Å². The van der Waals surface area contributed by atoms with Gasteiger partial charge in [-0.1, -0.05) is 31.9 Å². The number of benzene rings is 1. The number of unbranched alkanes of at least 4 members (excludes halogenated alkanes) is 2. The van der Waals surface area contributed by atoms with Crippen LogP contribution in [0.5, 0.6) is 0 Å². The molecule has 1 rings (SSSR count). The molecular weight excluding hydrogens is 240 g/mol. The Morgan fingerprint density at radius 3 is 2.89 bits per heavy atom. The van der Waals surface area contributed by atoms with Crippen LogP contribution in [-0.2, 0) is 16.1 Å². The van der Waals surface area contributed by atoms with Crippen LogP contribution in [-0.4, -0.2) is 19.1 Å². The van der Waals surface area contributed by atoms with E-state index < -0.39 is 0 Å². The van der Waals surface area contributed by atoms with Crippen LogP contribution in [0, 0.1) is 0 Å². The van der Waals surface area contributed by atoms with Gasteiger partial charge < -0.3 is 15.8 Å². The molecule has 19 heavy (non-hydrogen) atoms. The molecule has 4 nitrogen and oxygen atoms in total. The standard InChI is InChI=1S/C15H24N2O2/c1-2-3-4-9-19-10-8-15(18)17-14-7-5-6-13(11-14)12-16/h5-7,11H,2-4,8-10,12,16H2,1H3,(H,17,18). The van der Waals surface area contributed by atoms with E-state index in [4.69, 9.17) is 10.5 Å². The van der Waals surface area contributed by atoms with E-state index in [0.717, 1.165) is 24.3 Å². The van der Waals surface area contributed by atoms with Gasteiger partial charge in [0.1, 0.15) is 0 Å². The van der Waals surface area contributed by atoms with E-state index in [0.29, 0.717) is 19.6 Å². The molecule has 0 fully saturated rings. The maximum atomic E-state index is 11.7. The quantitative estimate of drug-likeness (QED) is 0.674. The monoisotopic (exact) mass is 264 g/mol. The second-order valence-corrected chi connectivity index (χ2v) is 4.52. The second kappa shape index (κ2) is 9.53. The smallest absolute Gasteiger partial charge is 0.226 e. The highest BCUT2D eigenvalue weighted by Crippen LogP contribution is 2.10. The minimum Gasteiger partial charge on any atom is -0.381 e. The van der Waals surface area contributed by atoms with Gasteiger partial charge >= 0.3 is 0 Å². The van der Waals surface area contributed by atoms with Crippen LogP contribution < -0.4 is 11.1 Å². The van der Waals surface area contributed by atoms with Gasteiger partial charge in [0.05, 0.1) is 13.0 Å². The first kappa shape index (κ1) is 15.7. The topological polar surface area (TPSA) is 64.3 Å². The van der Waals surface area contributed by atoms with E-state index in [2.05, 4.69) is 12.2 Å². The van der Waals surface area contributed by atoms with Crippen LogP contribution in [0.2, 0.25) is 0 Å². The Morgan fingerprint density at radius 2 is 2.16 bits per heavy atom. The van der Waals surface area contributed by atoms with Gasteiger partial charge in [-0.2, -0.15) is 0 Å². The lowest BCUT2D eigenvalue weighted by Gasteiger charge is -2.07. The average molecular weight is 264 g/mol. The van der Waals surface area contributed by atoms with Crippen molar-refractivity contribution in [3.05, 3.63) is 29.8 Å². The minimum atomic E-state index is -0.0235. The van der Waals surface area contributed by atoms with Crippen LogP contribution in [0.15, 0.2) is 24.3 Å². The van der Waals surface area contributed by atoms with Crippen LogP contribution in [0.25, 0.3) is 0 Å². The largest absolute Gasteiger partial charge is 0.381 e. The zero-order chi connectivity index (χ0) is 13.9. The second-order valence-electron chi connectivity index (χ2n) is 4.52. The Balaban J connectivity index is 2.19. The number of anilines is 1. The van der Waals surface area contributed by atoms with E-state index in [1.54, 1.807) is 0 Å². The Labute approximate surface area is 115 Å². The molecule has 0 aliphatic carbocycles. The number of nitrogens with two attached hydrogens (primary N) is 1. The molecule has 0 spiro atoms. The SMILES string of the molecule is CCCCCOCCC(=O)Nc1cccc(CN)c1. The summed E-state index contributed by atoms with van der Waals surface area (Å²) in [5.41, 5.74) is 7.35. The molecular formula is C15H24N2O2. The minimum absolute atomic E-state index is 0.0235. The third-order valence-corrected chi connectivity index (χ3v) is 2.81. The van der Waals surface area contributed by atoms with E-state index in [9.17, 15) is 4.79 Å². The summed E-state index contributed by atoms with van der Waals surface area (Å²) in [6.07, 6.45) is 3.81. The van der Waals surface area contributed by atoms with Crippen molar-refractivity contribution in [3.8, 4) is 0 Å². The van der Waals surface area contributed by atoms with E-state index in [-0.39, 0.29) is 5.91 Å². The first-order valence-corrected chi connectivity index (χ1v) is 6.93. The van der Waals surface area contributed by atoms with Gasteiger partial charge in [-0.25, -0.2) is 0 Å². The fraction of sp³-hybridized carbons (Fsp3) is 0.533. The van der Waals surface area contributed by atoms with Crippen molar-refractivity contribution in [2.24, 2.45) is 5.73 Å². The number of hydrogen-bond acceptors (Lipinski definition) is 3. The number of amides is 1. The van der Waals surface area contributed by atoms with Crippen molar-refractivity contribution >= 4 is 11.6 Å². The van der Waals surface area contributed by atoms with E-state index in [1.165, 1.54) is 12.8 Å². The first-order chi connectivity index (χ1) is 9.26. The molecule has 1 aromatic carbocycles. The molecule has 0 radical (unpaired) electrons. The average Bonchev–Trinajstić information content (AvgIpc) is 2.43. The van der Waals surface area contributed by atoms with Crippen molar-refractivity contribution in [1.82, 2.24) is 0 Å². The van der Waals surface area contributed by atoms with E-state index in [1.807, 2.05) is 24.3 Å². The molecule has 4 heteroatoms. The summed E-state index contributed by atoms with van der Waals surface area (Å²) in [5, 5.41) is 2.84. The molecule has 3 N–H and O–H groups in total. The predicted octanol–water partition coefficient (Wildman–Crippen LogP) is 2.68. The fourth-order valence-electron chi connectivity index (χ4n) is 1.72. The maximum absolute atomic E-state index is 11.7. The number of ether oxygens (including phenoxy) is 1. The van der Waals surface area contributed by atoms with Crippen LogP contribution >= 0.6 is 0 Å². The van der Waals surface area contributed by atoms with Crippen LogP contribution in [0.3, 0.4) is 0 Å². The summed E-state index contributed by atoms with van der Waals surface area (Å²) in [6.45, 7) is 3.85. The molecule has 106 valence electrons. The fourth-order valence-corrected chi connectivity index (χ4v) is 1.72. The summed E-state index contributed by atoms with van der Waals surface area (Å²) in [6, 6.07) is 7.57. The van der Waals surface area contributed by atoms with Gasteiger partial charge in [0.2, 0.25) is 5.91 Å². The highest BCUT2D eigenvalue weighted by molar-refractivity contribution is 5.90. The summed E-state index contributed by atoms with van der Waals surface area (Å²) >= 11 is 0. The summed E-state index contributed by atoms with van der Waals surface area (Å²) in [5.74, 6) is -0.0235. The van der Waals surface area contributed by atoms with Crippen LogP contribution in [0.4, 0.5) is 5.69 Å². The number of rotatable bonds is 9. The third kappa shape index (κ3) is 6.94. The summed E-state index contributed by atoms with van der Waals surface area (Å²) in [7, 11) is 0. The molecule has 0 bridgehead atoms. The van der Waals surface area contributed by atoms with Crippen LogP contribution in [0.1, 0.15) is 38.2 Å². The Morgan fingerprint density at radius 1 is 1.32 bits per heavy atom. The summed E-state index contributed by atoms with van der Waals surface area (Å²) < 4.78 is 5.41. The zero-order valence-corrected chi connectivity index (χ0v) is 11.7. The molecule has 0 aliphatic heterocycles. The Hall–Kier alpha value is -1.39. The summed E-state index contributed by atoms with van der Waals surface area (Å²) in [4.78, 5) is 11.7. The Bertz CT molecular complexity index is 380. The molecule has 0 heterocycles. The number of hydrogen-bond donors (Lipinski definition) is 2. The highest BCUT2D eigenvalue weighted by atomic mass is 16.5. The predicted molar refractivity (Wildman–Crippen MR) is 77.9 cm³/mol. The molecule has 0 aliphatic rings. The van der Waals surface area contributed by atoms with Crippen molar-refractivity contribution in [1.29, 1.82) is 0 Å². The molecule has 0 saturated carbocycles. The van der Waals surface area contributed by atoms with Crippen molar-refractivity contribution in [3.63, 3.8) is 0 Å². The third-order valence-electron chi connectivity index (χ3n) is 2.81. The van der Waals surface area contributed by atoms with Gasteiger partial charge in [0.15, 0.2) is 0 Å². The van der Waals surface area contributed by atoms with Gasteiger partial charge in [-0.15, -0.1) is 0 Å². The van der Waals surface area contributed by atoms with Crippen molar-refractivity contribution in [2.75, 3.05) is 18.5 Å². The molecule has 0 unspecified atom stereocenters. The lowest BCUT2D eigenvalue weighted by atomic mass is 10.2. The van der Waals surface area contributed by atoms with Crippen molar-refractivity contribution in [2.45, 2.75) is 39.2 Å². The molecule has 1 aromatic rings. The van der Waals surface area contributed by atoms with E-state index >= 15 is 0 Å². The van der Waals surface area contributed by atoms with Gasteiger partial charge in [0.25, 0.3) is 0 Å². The van der Waals surface area contributed by atoms with Gasteiger partial charge in [-0.05, 0) is 24.1 Å². The normalized spacial score (nSPS) is 10.4. The highest BCUT2D eigenvalue weighted by Gasteiger charge is 2.02. The first-order valence-electron chi connectivity index (χ1n) is 6.93. The van der Waals surface area contributed by atoms with Crippen molar-refractivity contribution < 1.29 is 9.53 Å². The maximum Gasteiger partial charge on any atom is 0.226 e. The lowest BCUT2D eigenvalue weighted by Crippen LogP contribution is -2.14.